The third-order valence-corrected chi connectivity index (χ3v) is 4.59. The highest BCUT2D eigenvalue weighted by Gasteiger charge is 2.15. The molecule has 2 aromatic rings. The molecule has 2 aromatic carbocycles. The van der Waals surface area contributed by atoms with Crippen molar-refractivity contribution in [3.8, 4) is 0 Å². The van der Waals surface area contributed by atoms with Crippen molar-refractivity contribution in [2.45, 2.75) is 25.8 Å². The predicted molar refractivity (Wildman–Crippen MR) is 89.3 cm³/mol. The zero-order chi connectivity index (χ0) is 15.3. The van der Waals surface area contributed by atoms with Gasteiger partial charge in [-0.3, -0.25) is 0 Å². The summed E-state index contributed by atoms with van der Waals surface area (Å²) in [7, 11) is -2.95. The molecule has 0 aliphatic heterocycles. The maximum absolute atomic E-state index is 11.5. The molecule has 2 rings (SSSR count). The summed E-state index contributed by atoms with van der Waals surface area (Å²) < 4.78 is 23.0. The van der Waals surface area contributed by atoms with Crippen molar-refractivity contribution in [2.75, 3.05) is 18.6 Å². The van der Waals surface area contributed by atoms with Gasteiger partial charge in [0.2, 0.25) is 0 Å². The molecule has 21 heavy (non-hydrogen) atoms. The van der Waals surface area contributed by atoms with E-state index in [-0.39, 0.29) is 11.8 Å². The molecule has 0 saturated heterocycles. The summed E-state index contributed by atoms with van der Waals surface area (Å²) in [5.74, 6) is 0.206. The second kappa shape index (κ2) is 7.05. The highest BCUT2D eigenvalue weighted by molar-refractivity contribution is 7.90. The molecule has 0 aromatic heterocycles. The van der Waals surface area contributed by atoms with Crippen LogP contribution in [0.25, 0.3) is 10.8 Å². The first-order valence-corrected chi connectivity index (χ1v) is 9.46. The summed E-state index contributed by atoms with van der Waals surface area (Å²) in [6.07, 6.45) is 2.93. The molecule has 0 radical (unpaired) electrons. The topological polar surface area (TPSA) is 46.2 Å². The highest BCUT2D eigenvalue weighted by atomic mass is 32.2. The molecule has 3 nitrogen and oxygen atoms in total. The van der Waals surface area contributed by atoms with Crippen LogP contribution in [0, 0.1) is 0 Å². The Labute approximate surface area is 127 Å². The Morgan fingerprint density at radius 3 is 2.52 bits per heavy atom. The van der Waals surface area contributed by atoms with Crippen LogP contribution in [0.2, 0.25) is 0 Å². The van der Waals surface area contributed by atoms with Crippen molar-refractivity contribution in [1.29, 1.82) is 0 Å². The van der Waals surface area contributed by atoms with Crippen LogP contribution in [0.1, 0.15) is 31.4 Å². The van der Waals surface area contributed by atoms with Gasteiger partial charge in [-0.15, -0.1) is 0 Å². The van der Waals surface area contributed by atoms with E-state index < -0.39 is 9.84 Å². The van der Waals surface area contributed by atoms with E-state index in [1.54, 1.807) is 0 Å². The molecule has 0 aliphatic rings. The minimum Gasteiger partial charge on any atom is -0.310 e. The molecule has 1 N–H and O–H groups in total. The summed E-state index contributed by atoms with van der Waals surface area (Å²) in [5.41, 5.74) is 1.19. The SMILES string of the molecule is CCCNC(CCS(C)(=O)=O)c1cccc2ccccc12. The summed E-state index contributed by atoms with van der Waals surface area (Å²) in [4.78, 5) is 0. The number of sulfone groups is 1. The van der Waals surface area contributed by atoms with Gasteiger partial charge in [-0.05, 0) is 35.7 Å². The number of benzene rings is 2. The molecule has 0 spiro atoms. The normalized spacial score (nSPS) is 13.4. The van der Waals surface area contributed by atoms with E-state index >= 15 is 0 Å². The van der Waals surface area contributed by atoms with Gasteiger partial charge < -0.3 is 5.32 Å². The van der Waals surface area contributed by atoms with Gasteiger partial charge in [0.05, 0.1) is 5.75 Å². The largest absolute Gasteiger partial charge is 0.310 e. The maximum Gasteiger partial charge on any atom is 0.147 e. The van der Waals surface area contributed by atoms with Crippen LogP contribution < -0.4 is 5.32 Å². The molecular formula is C17H23NO2S. The lowest BCUT2D eigenvalue weighted by Crippen LogP contribution is -2.24. The van der Waals surface area contributed by atoms with Crippen molar-refractivity contribution < 1.29 is 8.42 Å². The standard InChI is InChI=1S/C17H23NO2S/c1-3-12-18-17(11-13-21(2,19)20)16-10-6-8-14-7-4-5-9-15(14)16/h4-10,17-18H,3,11-13H2,1-2H3. The fourth-order valence-electron chi connectivity index (χ4n) is 2.57. The first-order chi connectivity index (χ1) is 10.0. The van der Waals surface area contributed by atoms with Crippen molar-refractivity contribution in [3.05, 3.63) is 48.0 Å². The monoisotopic (exact) mass is 305 g/mol. The van der Waals surface area contributed by atoms with Gasteiger partial charge in [-0.1, -0.05) is 49.4 Å². The average Bonchev–Trinajstić information content (AvgIpc) is 2.46. The van der Waals surface area contributed by atoms with Gasteiger partial charge >= 0.3 is 0 Å². The van der Waals surface area contributed by atoms with Crippen molar-refractivity contribution in [3.63, 3.8) is 0 Å². The molecule has 114 valence electrons. The highest BCUT2D eigenvalue weighted by Crippen LogP contribution is 2.26. The first-order valence-electron chi connectivity index (χ1n) is 7.40. The number of rotatable bonds is 7. The molecular weight excluding hydrogens is 282 g/mol. The summed E-state index contributed by atoms with van der Waals surface area (Å²) in [5, 5.41) is 5.87. The van der Waals surface area contributed by atoms with Crippen LogP contribution in [0.15, 0.2) is 42.5 Å². The molecule has 0 saturated carbocycles. The van der Waals surface area contributed by atoms with Gasteiger partial charge in [0.1, 0.15) is 9.84 Å². The molecule has 4 heteroatoms. The van der Waals surface area contributed by atoms with E-state index in [4.69, 9.17) is 0 Å². The van der Waals surface area contributed by atoms with E-state index in [1.807, 2.05) is 18.2 Å². The zero-order valence-corrected chi connectivity index (χ0v) is 13.5. The summed E-state index contributed by atoms with van der Waals surface area (Å²) >= 11 is 0. The van der Waals surface area contributed by atoms with Gasteiger partial charge in [-0.2, -0.15) is 0 Å². The lowest BCUT2D eigenvalue weighted by Gasteiger charge is -2.20. The van der Waals surface area contributed by atoms with Crippen molar-refractivity contribution in [2.24, 2.45) is 0 Å². The van der Waals surface area contributed by atoms with Crippen molar-refractivity contribution >= 4 is 20.6 Å². The average molecular weight is 305 g/mol. The Kier molecular flexibility index (Phi) is 5.37. The molecule has 0 amide bonds. The smallest absolute Gasteiger partial charge is 0.147 e. The molecule has 0 bridgehead atoms. The van der Waals surface area contributed by atoms with E-state index in [0.29, 0.717) is 6.42 Å². The lowest BCUT2D eigenvalue weighted by molar-refractivity contribution is 0.516. The third-order valence-electron chi connectivity index (χ3n) is 3.62. The number of nitrogens with one attached hydrogen (secondary N) is 1. The van der Waals surface area contributed by atoms with Gasteiger partial charge in [0.25, 0.3) is 0 Å². The van der Waals surface area contributed by atoms with Gasteiger partial charge in [0, 0.05) is 12.3 Å². The van der Waals surface area contributed by atoms with E-state index in [9.17, 15) is 8.42 Å². The van der Waals surface area contributed by atoms with Crippen LogP contribution in [0.3, 0.4) is 0 Å². The van der Waals surface area contributed by atoms with E-state index in [1.165, 1.54) is 22.6 Å². The second-order valence-corrected chi connectivity index (χ2v) is 7.75. The van der Waals surface area contributed by atoms with Gasteiger partial charge in [-0.25, -0.2) is 8.42 Å². The third kappa shape index (κ3) is 4.55. The Bertz CT molecular complexity index is 690. The fraction of sp³-hybridized carbons (Fsp3) is 0.412. The van der Waals surface area contributed by atoms with Crippen LogP contribution in [0.5, 0.6) is 0 Å². The lowest BCUT2D eigenvalue weighted by atomic mass is 9.97. The van der Waals surface area contributed by atoms with Crippen LogP contribution in [0.4, 0.5) is 0 Å². The fourth-order valence-corrected chi connectivity index (χ4v) is 3.24. The first kappa shape index (κ1) is 16.0. The number of hydrogen-bond donors (Lipinski definition) is 1. The van der Waals surface area contributed by atoms with E-state index in [2.05, 4.69) is 36.5 Å². The number of fused-ring (bicyclic) bond motifs is 1. The summed E-state index contributed by atoms with van der Waals surface area (Å²) in [6, 6.07) is 14.5. The van der Waals surface area contributed by atoms with Crippen LogP contribution in [-0.2, 0) is 9.84 Å². The van der Waals surface area contributed by atoms with Crippen molar-refractivity contribution in [1.82, 2.24) is 5.32 Å². The van der Waals surface area contributed by atoms with Gasteiger partial charge in [0.15, 0.2) is 0 Å². The van der Waals surface area contributed by atoms with E-state index in [0.717, 1.165) is 13.0 Å². The van der Waals surface area contributed by atoms with Crippen LogP contribution >= 0.6 is 0 Å². The quantitative estimate of drug-likeness (QED) is 0.853. The Morgan fingerprint density at radius 2 is 1.81 bits per heavy atom. The number of hydrogen-bond acceptors (Lipinski definition) is 3. The van der Waals surface area contributed by atoms with Crippen LogP contribution in [-0.4, -0.2) is 27.0 Å². The Hall–Kier alpha value is -1.39. The molecule has 0 aliphatic carbocycles. The molecule has 1 atom stereocenters. The predicted octanol–water partition coefficient (Wildman–Crippen LogP) is 3.32. The Morgan fingerprint density at radius 1 is 1.10 bits per heavy atom. The molecule has 1 unspecified atom stereocenters. The molecule has 0 fully saturated rings. The maximum atomic E-state index is 11.5. The Balaban J connectivity index is 2.33. The second-order valence-electron chi connectivity index (χ2n) is 5.49. The minimum absolute atomic E-state index is 0.0748. The zero-order valence-electron chi connectivity index (χ0n) is 12.7. The summed E-state index contributed by atoms with van der Waals surface area (Å²) in [6.45, 7) is 3.00. The minimum atomic E-state index is -2.95. The molecule has 0 heterocycles.